The summed E-state index contributed by atoms with van der Waals surface area (Å²) in [6, 6.07) is 0. The highest BCUT2D eigenvalue weighted by Crippen LogP contribution is 2.06. The monoisotopic (exact) mass is 179 g/mol. The van der Waals surface area contributed by atoms with Gasteiger partial charge in [-0.3, -0.25) is 0 Å². The molecule has 0 bridgehead atoms. The van der Waals surface area contributed by atoms with Crippen molar-refractivity contribution in [3.8, 4) is 0 Å². The van der Waals surface area contributed by atoms with Crippen LogP contribution in [0.2, 0.25) is 0 Å². The molecule has 1 aliphatic rings. The Labute approximate surface area is 77.9 Å². The van der Waals surface area contributed by atoms with Gasteiger partial charge in [0.05, 0.1) is 23.8 Å². The second-order valence-corrected chi connectivity index (χ2v) is 3.33. The van der Waals surface area contributed by atoms with Crippen molar-refractivity contribution < 1.29 is 4.57 Å². The van der Waals surface area contributed by atoms with E-state index in [1.807, 2.05) is 6.92 Å². The molecular weight excluding hydrogens is 164 g/mol. The molecule has 0 spiro atoms. The van der Waals surface area contributed by atoms with Crippen LogP contribution in [0, 0.1) is 0 Å². The summed E-state index contributed by atoms with van der Waals surface area (Å²) in [4.78, 5) is 1.78. The third-order valence-electron chi connectivity index (χ3n) is 2.38. The number of nitrogens with zero attached hydrogens (tertiary/aromatic N) is 4. The van der Waals surface area contributed by atoms with Crippen molar-refractivity contribution in [2.75, 3.05) is 0 Å². The lowest BCUT2D eigenvalue weighted by molar-refractivity contribution is -0.707. The minimum atomic E-state index is 0.945. The Balaban J connectivity index is 2.49. The molecule has 1 aromatic rings. The van der Waals surface area contributed by atoms with E-state index < -0.39 is 0 Å². The minimum absolute atomic E-state index is 0.945. The molecular formula is C9H15N4+. The van der Waals surface area contributed by atoms with E-state index in [4.69, 9.17) is 0 Å². The summed E-state index contributed by atoms with van der Waals surface area (Å²) in [5.41, 5.74) is 1.15. The predicted octanol–water partition coefficient (Wildman–Crippen LogP) is 0.533. The van der Waals surface area contributed by atoms with E-state index in [1.54, 1.807) is 4.79 Å². The standard InChI is InChI=1S/C9H15N4/c1-4-8-11-13-9(12(8)5-2)6-7(3)10-13/h4-6H2,1-3H3/q+1. The van der Waals surface area contributed by atoms with Crippen LogP contribution in [-0.2, 0) is 19.4 Å². The fraction of sp³-hybridized carbons (Fsp3) is 0.667. The van der Waals surface area contributed by atoms with Gasteiger partial charge in [-0.1, -0.05) is 12.0 Å². The van der Waals surface area contributed by atoms with Crippen LogP contribution in [-0.4, -0.2) is 15.6 Å². The molecule has 13 heavy (non-hydrogen) atoms. The van der Waals surface area contributed by atoms with E-state index in [0.29, 0.717) is 0 Å². The van der Waals surface area contributed by atoms with Crippen LogP contribution in [0.1, 0.15) is 32.4 Å². The van der Waals surface area contributed by atoms with Gasteiger partial charge in [-0.05, 0) is 13.8 Å². The van der Waals surface area contributed by atoms with Crippen molar-refractivity contribution in [3.05, 3.63) is 11.6 Å². The normalized spacial score (nSPS) is 14.5. The Morgan fingerprint density at radius 2 is 2.23 bits per heavy atom. The molecule has 0 atom stereocenters. The van der Waals surface area contributed by atoms with E-state index in [-0.39, 0.29) is 0 Å². The Hall–Kier alpha value is -1.19. The number of rotatable bonds is 2. The van der Waals surface area contributed by atoms with Gasteiger partial charge in [-0.2, -0.15) is 0 Å². The van der Waals surface area contributed by atoms with E-state index in [1.165, 1.54) is 5.82 Å². The van der Waals surface area contributed by atoms with Crippen LogP contribution >= 0.6 is 0 Å². The predicted molar refractivity (Wildman–Crippen MR) is 49.7 cm³/mol. The average Bonchev–Trinajstić information content (AvgIpc) is 2.59. The van der Waals surface area contributed by atoms with Gasteiger partial charge in [0, 0.05) is 11.2 Å². The molecule has 2 heterocycles. The first-order chi connectivity index (χ1) is 6.26. The lowest BCUT2D eigenvalue weighted by atomic mass is 10.3. The molecule has 0 unspecified atom stereocenters. The molecule has 0 N–H and O–H groups in total. The summed E-state index contributed by atoms with van der Waals surface area (Å²) in [6.45, 7) is 7.30. The second kappa shape index (κ2) is 2.94. The largest absolute Gasteiger partial charge is 0.280 e. The third kappa shape index (κ3) is 1.17. The van der Waals surface area contributed by atoms with Gasteiger partial charge < -0.3 is 0 Å². The molecule has 0 fully saturated rings. The zero-order chi connectivity index (χ0) is 9.42. The molecule has 0 saturated heterocycles. The van der Waals surface area contributed by atoms with Crippen molar-refractivity contribution in [1.29, 1.82) is 0 Å². The molecule has 1 aromatic heterocycles. The van der Waals surface area contributed by atoms with E-state index in [2.05, 4.69) is 28.6 Å². The zero-order valence-corrected chi connectivity index (χ0v) is 8.41. The molecule has 0 amide bonds. The number of fused-ring (bicyclic) bond motifs is 1. The first-order valence-corrected chi connectivity index (χ1v) is 4.81. The molecule has 4 nitrogen and oxygen atoms in total. The fourth-order valence-corrected chi connectivity index (χ4v) is 1.78. The highest BCUT2D eigenvalue weighted by molar-refractivity contribution is 5.84. The molecule has 70 valence electrons. The van der Waals surface area contributed by atoms with E-state index >= 15 is 0 Å². The lowest BCUT2D eigenvalue weighted by Gasteiger charge is -1.95. The van der Waals surface area contributed by atoms with Gasteiger partial charge in [-0.25, -0.2) is 4.57 Å². The van der Waals surface area contributed by atoms with Crippen molar-refractivity contribution in [2.45, 2.75) is 40.2 Å². The van der Waals surface area contributed by atoms with Crippen LogP contribution in [0.3, 0.4) is 0 Å². The zero-order valence-electron chi connectivity index (χ0n) is 8.41. The molecule has 2 rings (SSSR count). The van der Waals surface area contributed by atoms with Gasteiger partial charge in [0.2, 0.25) is 0 Å². The van der Waals surface area contributed by atoms with Crippen molar-refractivity contribution >= 4 is 5.71 Å². The molecule has 0 radical (unpaired) electrons. The Morgan fingerprint density at radius 3 is 2.85 bits per heavy atom. The summed E-state index contributed by atoms with van der Waals surface area (Å²) in [7, 11) is 0. The summed E-state index contributed by atoms with van der Waals surface area (Å²) in [6.07, 6.45) is 1.92. The van der Waals surface area contributed by atoms with Gasteiger partial charge in [0.25, 0.3) is 11.6 Å². The SMILES string of the molecule is CCc1nn2c([n+]1CC)CC(C)=N2. The highest BCUT2D eigenvalue weighted by atomic mass is 15.6. The molecule has 0 aliphatic carbocycles. The van der Waals surface area contributed by atoms with Crippen molar-refractivity contribution in [3.63, 3.8) is 0 Å². The highest BCUT2D eigenvalue weighted by Gasteiger charge is 2.28. The van der Waals surface area contributed by atoms with Crippen LogP contribution in [0.25, 0.3) is 0 Å². The summed E-state index contributed by atoms with van der Waals surface area (Å²) in [5, 5.41) is 8.75. The lowest BCUT2D eigenvalue weighted by Crippen LogP contribution is -2.39. The van der Waals surface area contributed by atoms with Crippen molar-refractivity contribution in [1.82, 2.24) is 9.89 Å². The quantitative estimate of drug-likeness (QED) is 0.610. The Morgan fingerprint density at radius 1 is 1.46 bits per heavy atom. The fourth-order valence-electron chi connectivity index (χ4n) is 1.78. The Bertz CT molecular complexity index is 362. The van der Waals surface area contributed by atoms with Gasteiger partial charge in [-0.15, -0.1) is 0 Å². The maximum absolute atomic E-state index is 4.42. The van der Waals surface area contributed by atoms with Gasteiger partial charge in [0.15, 0.2) is 0 Å². The van der Waals surface area contributed by atoms with Crippen LogP contribution in [0.5, 0.6) is 0 Å². The topological polar surface area (TPSA) is 34.1 Å². The summed E-state index contributed by atoms with van der Waals surface area (Å²) in [5.74, 6) is 2.35. The van der Waals surface area contributed by atoms with Crippen LogP contribution in [0.4, 0.5) is 0 Å². The van der Waals surface area contributed by atoms with Crippen molar-refractivity contribution in [2.24, 2.45) is 5.10 Å². The second-order valence-electron chi connectivity index (χ2n) is 3.33. The first kappa shape index (κ1) is 8.41. The van der Waals surface area contributed by atoms with Crippen LogP contribution in [0.15, 0.2) is 5.10 Å². The number of hydrogen-bond acceptors (Lipinski definition) is 2. The maximum Gasteiger partial charge on any atom is 0.280 e. The maximum atomic E-state index is 4.42. The van der Waals surface area contributed by atoms with E-state index in [9.17, 15) is 0 Å². The third-order valence-corrected chi connectivity index (χ3v) is 2.38. The summed E-state index contributed by atoms with van der Waals surface area (Å²) < 4.78 is 2.25. The van der Waals surface area contributed by atoms with Crippen LogP contribution < -0.4 is 4.57 Å². The van der Waals surface area contributed by atoms with Gasteiger partial charge >= 0.3 is 0 Å². The summed E-state index contributed by atoms with van der Waals surface area (Å²) >= 11 is 0. The average molecular weight is 179 g/mol. The molecule has 0 aromatic carbocycles. The smallest absolute Gasteiger partial charge is 0.230 e. The molecule has 0 saturated carbocycles. The molecule has 4 heteroatoms. The molecule has 1 aliphatic heterocycles. The number of aromatic nitrogens is 3. The number of hydrogen-bond donors (Lipinski definition) is 0. The minimum Gasteiger partial charge on any atom is -0.230 e. The Kier molecular flexibility index (Phi) is 1.90. The number of aryl methyl sites for hydroxylation is 1. The van der Waals surface area contributed by atoms with E-state index in [0.717, 1.165) is 30.9 Å². The first-order valence-electron chi connectivity index (χ1n) is 4.81. The van der Waals surface area contributed by atoms with Gasteiger partial charge in [0.1, 0.15) is 0 Å².